The van der Waals surface area contributed by atoms with Crippen LogP contribution in [-0.4, -0.2) is 66.1 Å². The first-order chi connectivity index (χ1) is 23.0. The van der Waals surface area contributed by atoms with Crippen molar-refractivity contribution in [3.8, 4) is 17.1 Å². The molecule has 6 N–H and O–H groups in total. The Labute approximate surface area is 278 Å². The number of carbonyl (C=O) groups excluding carboxylic acids is 2. The van der Waals surface area contributed by atoms with E-state index in [1.807, 2.05) is 76.2 Å². The number of rotatable bonds is 11. The first-order valence-electron chi connectivity index (χ1n) is 15.4. The molecule has 0 spiro atoms. The zero-order valence-corrected chi connectivity index (χ0v) is 27.2. The normalized spacial score (nSPS) is 11.9. The summed E-state index contributed by atoms with van der Waals surface area (Å²) >= 11 is 0. The van der Waals surface area contributed by atoms with Crippen LogP contribution in [0.1, 0.15) is 37.6 Å². The minimum Gasteiger partial charge on any atom is -0.394 e. The second-order valence-electron chi connectivity index (χ2n) is 12.3. The third kappa shape index (κ3) is 8.78. The van der Waals surface area contributed by atoms with E-state index >= 15 is 0 Å². The van der Waals surface area contributed by atoms with Crippen molar-refractivity contribution in [1.29, 1.82) is 0 Å². The Morgan fingerprint density at radius 1 is 0.917 bits per heavy atom. The molecule has 1 atom stereocenters. The molecule has 0 aliphatic carbocycles. The number of hydrogen-bond donors (Lipinski definition) is 6. The fraction of sp³-hybridized carbons (Fsp3) is 0.257. The maximum Gasteiger partial charge on any atom is 0.324 e. The number of aliphatic hydroxyl groups excluding tert-OH is 2. The van der Waals surface area contributed by atoms with E-state index in [4.69, 9.17) is 10.2 Å². The first kappa shape index (κ1) is 33.7. The van der Waals surface area contributed by atoms with Crippen LogP contribution in [0.15, 0.2) is 85.2 Å². The lowest BCUT2D eigenvalue weighted by Crippen LogP contribution is -2.34. The Bertz CT molecular complexity index is 1890. The van der Waals surface area contributed by atoms with Crippen LogP contribution in [0.2, 0.25) is 0 Å². The number of carbonyl (C=O) groups is 2. The van der Waals surface area contributed by atoms with Gasteiger partial charge < -0.3 is 26.2 Å². The highest BCUT2D eigenvalue weighted by Crippen LogP contribution is 2.28. The van der Waals surface area contributed by atoms with Gasteiger partial charge in [0.25, 0.3) is 0 Å². The van der Waals surface area contributed by atoms with Gasteiger partial charge >= 0.3 is 6.03 Å². The van der Waals surface area contributed by atoms with E-state index in [2.05, 4.69) is 36.2 Å². The SMILES string of the molecule is Cc1ccc(NC(=O)Nc2cc(C(C)(C)C)nn2-c2cccc(CC(=O)NCC(O)CO)c2)cc1Nc1nccc(-c2ccccn2)n1. The van der Waals surface area contributed by atoms with E-state index in [-0.39, 0.29) is 24.3 Å². The summed E-state index contributed by atoms with van der Waals surface area (Å²) in [6.45, 7) is 7.55. The molecular formula is C35H39N9O4. The molecule has 0 saturated heterocycles. The van der Waals surface area contributed by atoms with Crippen LogP contribution in [0, 0.1) is 6.92 Å². The number of hydrogen-bond acceptors (Lipinski definition) is 9. The highest BCUT2D eigenvalue weighted by atomic mass is 16.3. The van der Waals surface area contributed by atoms with Gasteiger partial charge in [0, 0.05) is 41.8 Å². The maximum atomic E-state index is 13.3. The molecule has 1 unspecified atom stereocenters. The summed E-state index contributed by atoms with van der Waals surface area (Å²) in [5, 5.41) is 35.0. The standard InChI is InChI=1S/C35H39N9O4/c1-22-11-12-24(18-29(22)41-33-37-15-13-28(40-33)27-10-5-6-14-36-27)39-34(48)42-31-19-30(35(2,3)4)43-44(31)25-9-7-8-23(16-25)17-32(47)38-20-26(46)21-45/h5-16,18-19,26,45-46H,17,20-21H2,1-4H3,(H,38,47)(H,37,40,41)(H2,39,42,48). The lowest BCUT2D eigenvalue weighted by molar-refractivity contribution is -0.121. The molecule has 0 radical (unpaired) electrons. The van der Waals surface area contributed by atoms with Gasteiger partial charge in [-0.05, 0) is 60.5 Å². The summed E-state index contributed by atoms with van der Waals surface area (Å²) in [7, 11) is 0. The van der Waals surface area contributed by atoms with Gasteiger partial charge in [-0.2, -0.15) is 5.10 Å². The number of aromatic nitrogens is 5. The van der Waals surface area contributed by atoms with Crippen LogP contribution in [-0.2, 0) is 16.6 Å². The lowest BCUT2D eigenvalue weighted by Gasteiger charge is -2.14. The average molecular weight is 650 g/mol. The molecule has 48 heavy (non-hydrogen) atoms. The number of urea groups is 1. The Morgan fingerprint density at radius 3 is 2.50 bits per heavy atom. The van der Waals surface area contributed by atoms with Gasteiger partial charge in [0.1, 0.15) is 5.82 Å². The second-order valence-corrected chi connectivity index (χ2v) is 12.3. The van der Waals surface area contributed by atoms with Crippen LogP contribution < -0.4 is 21.3 Å². The molecule has 3 amide bonds. The third-order valence-corrected chi connectivity index (χ3v) is 7.31. The van der Waals surface area contributed by atoms with Gasteiger partial charge in [-0.25, -0.2) is 19.4 Å². The largest absolute Gasteiger partial charge is 0.394 e. The number of nitrogens with one attached hydrogen (secondary N) is 4. The van der Waals surface area contributed by atoms with E-state index in [9.17, 15) is 14.7 Å². The molecule has 0 aliphatic rings. The third-order valence-electron chi connectivity index (χ3n) is 7.31. The van der Waals surface area contributed by atoms with Gasteiger partial charge in [0.2, 0.25) is 11.9 Å². The van der Waals surface area contributed by atoms with E-state index in [0.717, 1.165) is 22.6 Å². The molecule has 13 heteroatoms. The van der Waals surface area contributed by atoms with Gasteiger partial charge in [-0.15, -0.1) is 0 Å². The topological polar surface area (TPSA) is 179 Å². The first-order valence-corrected chi connectivity index (χ1v) is 15.4. The number of anilines is 4. The predicted octanol–water partition coefficient (Wildman–Crippen LogP) is 4.73. The van der Waals surface area contributed by atoms with Crippen molar-refractivity contribution in [3.05, 3.63) is 102 Å². The number of amides is 3. The molecule has 0 bridgehead atoms. The zero-order chi connectivity index (χ0) is 34.3. The highest BCUT2D eigenvalue weighted by Gasteiger charge is 2.22. The fourth-order valence-electron chi connectivity index (χ4n) is 4.69. The molecular weight excluding hydrogens is 610 g/mol. The molecule has 3 heterocycles. The fourth-order valence-corrected chi connectivity index (χ4v) is 4.69. The molecule has 2 aromatic carbocycles. The number of pyridine rings is 1. The summed E-state index contributed by atoms with van der Waals surface area (Å²) in [6.07, 6.45) is 2.41. The van der Waals surface area contributed by atoms with Crippen LogP contribution in [0.4, 0.5) is 27.9 Å². The average Bonchev–Trinajstić information content (AvgIpc) is 3.50. The quantitative estimate of drug-likeness (QED) is 0.118. The number of nitrogens with zero attached hydrogens (tertiary/aromatic N) is 5. The Kier molecular flexibility index (Phi) is 10.4. The van der Waals surface area contributed by atoms with E-state index in [1.54, 1.807) is 41.3 Å². The van der Waals surface area contributed by atoms with Crippen LogP contribution in [0.3, 0.4) is 0 Å². The van der Waals surface area contributed by atoms with Crippen LogP contribution in [0.25, 0.3) is 17.1 Å². The summed E-state index contributed by atoms with van der Waals surface area (Å²) in [5.74, 6) is 0.534. The monoisotopic (exact) mass is 649 g/mol. The van der Waals surface area contributed by atoms with Crippen LogP contribution in [0.5, 0.6) is 0 Å². The minimum atomic E-state index is -1.02. The van der Waals surface area contributed by atoms with Gasteiger partial charge in [0.05, 0.1) is 41.9 Å². The maximum absolute atomic E-state index is 13.3. The molecule has 0 saturated carbocycles. The lowest BCUT2D eigenvalue weighted by atomic mass is 9.92. The van der Waals surface area contributed by atoms with Crippen molar-refractivity contribution in [2.75, 3.05) is 29.1 Å². The summed E-state index contributed by atoms with van der Waals surface area (Å²) in [4.78, 5) is 39.1. The molecule has 13 nitrogen and oxygen atoms in total. The molecule has 248 valence electrons. The molecule has 5 aromatic rings. The minimum absolute atomic E-state index is 0.0439. The van der Waals surface area contributed by atoms with Crippen molar-refractivity contribution in [1.82, 2.24) is 30.0 Å². The number of aliphatic hydroxyl groups is 2. The van der Waals surface area contributed by atoms with Gasteiger partial charge in [-0.1, -0.05) is 45.0 Å². The van der Waals surface area contributed by atoms with Gasteiger partial charge in [0.15, 0.2) is 0 Å². The van der Waals surface area contributed by atoms with Crippen molar-refractivity contribution < 1.29 is 19.8 Å². The highest BCUT2D eigenvalue weighted by molar-refractivity contribution is 6.00. The summed E-state index contributed by atoms with van der Waals surface area (Å²) in [5.41, 5.74) is 5.41. The summed E-state index contributed by atoms with van der Waals surface area (Å²) < 4.78 is 1.63. The van der Waals surface area contributed by atoms with E-state index in [0.29, 0.717) is 34.4 Å². The molecule has 0 aliphatic heterocycles. The summed E-state index contributed by atoms with van der Waals surface area (Å²) in [6, 6.07) is 21.5. The second kappa shape index (κ2) is 14.8. The smallest absolute Gasteiger partial charge is 0.324 e. The van der Waals surface area contributed by atoms with E-state index < -0.39 is 18.7 Å². The van der Waals surface area contributed by atoms with Crippen molar-refractivity contribution in [3.63, 3.8) is 0 Å². The molecule has 5 rings (SSSR count). The van der Waals surface area contributed by atoms with Crippen molar-refractivity contribution in [2.45, 2.75) is 45.6 Å². The Morgan fingerprint density at radius 2 is 1.75 bits per heavy atom. The number of aryl methyl sites for hydroxylation is 1. The Hall–Kier alpha value is -5.66. The predicted molar refractivity (Wildman–Crippen MR) is 184 cm³/mol. The number of benzene rings is 2. The van der Waals surface area contributed by atoms with Crippen LogP contribution >= 0.6 is 0 Å². The molecule has 3 aromatic heterocycles. The van der Waals surface area contributed by atoms with Gasteiger partial charge in [-0.3, -0.25) is 15.1 Å². The molecule has 0 fully saturated rings. The van der Waals surface area contributed by atoms with Crippen molar-refractivity contribution in [2.24, 2.45) is 0 Å². The van der Waals surface area contributed by atoms with E-state index in [1.165, 1.54) is 0 Å². The Balaban J connectivity index is 1.32. The van der Waals surface area contributed by atoms with Crippen molar-refractivity contribution >= 4 is 35.1 Å². The zero-order valence-electron chi connectivity index (χ0n) is 27.2.